The molecule has 2 aliphatic rings. The van der Waals surface area contributed by atoms with E-state index in [0.717, 1.165) is 13.1 Å². The number of fused-ring (bicyclic) bond motifs is 1. The Balaban J connectivity index is 2.09. The molecule has 9 heavy (non-hydrogen) atoms. The maximum Gasteiger partial charge on any atom is 0.407 e. The number of rotatable bonds is 0. The van der Waals surface area contributed by atoms with Crippen molar-refractivity contribution in [2.24, 2.45) is 0 Å². The summed E-state index contributed by atoms with van der Waals surface area (Å²) < 4.78 is 4.87. The van der Waals surface area contributed by atoms with E-state index in [-0.39, 0.29) is 18.2 Å². The molecule has 2 saturated heterocycles. The highest BCUT2D eigenvalue weighted by Crippen LogP contribution is 2.11. The summed E-state index contributed by atoms with van der Waals surface area (Å²) in [6.45, 7) is 1.64. The Kier molecular flexibility index (Phi) is 0.900. The minimum atomic E-state index is -0.272. The molecule has 0 saturated carbocycles. The molecule has 0 bridgehead atoms. The first-order valence-corrected chi connectivity index (χ1v) is 3.04. The molecule has 2 N–H and O–H groups in total. The molecule has 2 heterocycles. The summed E-state index contributed by atoms with van der Waals surface area (Å²) in [6.07, 6.45) is -0.191. The number of hydrogen-bond donors (Lipinski definition) is 2. The Bertz CT molecular complexity index is 134. The average molecular weight is 128 g/mol. The SMILES string of the molecule is O=C1NC2CNCC2O1. The smallest absolute Gasteiger partial charge is 0.407 e. The van der Waals surface area contributed by atoms with E-state index in [1.54, 1.807) is 0 Å². The first-order chi connectivity index (χ1) is 4.36. The lowest BCUT2D eigenvalue weighted by molar-refractivity contribution is 0.142. The van der Waals surface area contributed by atoms with Crippen LogP contribution in [0, 0.1) is 0 Å². The number of alkyl carbamates (subject to hydrolysis) is 1. The second kappa shape index (κ2) is 1.60. The van der Waals surface area contributed by atoms with Crippen LogP contribution in [0.3, 0.4) is 0 Å². The first-order valence-electron chi connectivity index (χ1n) is 3.04. The molecule has 2 atom stereocenters. The molecule has 4 heteroatoms. The third-order valence-corrected chi connectivity index (χ3v) is 1.72. The third-order valence-electron chi connectivity index (χ3n) is 1.72. The summed E-state index contributed by atoms with van der Waals surface area (Å²) in [5, 5.41) is 5.80. The van der Waals surface area contributed by atoms with Crippen LogP contribution >= 0.6 is 0 Å². The Morgan fingerprint density at radius 1 is 1.56 bits per heavy atom. The largest absolute Gasteiger partial charge is 0.443 e. The number of hydrogen-bond acceptors (Lipinski definition) is 3. The Morgan fingerprint density at radius 3 is 3.22 bits per heavy atom. The molecule has 2 unspecified atom stereocenters. The number of carbonyl (C=O) groups is 1. The predicted octanol–water partition coefficient (Wildman–Crippen LogP) is -0.933. The maximum absolute atomic E-state index is 10.5. The van der Waals surface area contributed by atoms with Gasteiger partial charge in [-0.1, -0.05) is 0 Å². The molecule has 0 aromatic heterocycles. The van der Waals surface area contributed by atoms with Crippen molar-refractivity contribution in [3.63, 3.8) is 0 Å². The summed E-state index contributed by atoms with van der Waals surface area (Å²) in [4.78, 5) is 10.5. The highest BCUT2D eigenvalue weighted by molar-refractivity contribution is 5.70. The van der Waals surface area contributed by atoms with Gasteiger partial charge in [0.15, 0.2) is 0 Å². The number of amides is 1. The van der Waals surface area contributed by atoms with Crippen LogP contribution in [0.5, 0.6) is 0 Å². The van der Waals surface area contributed by atoms with E-state index in [1.807, 2.05) is 0 Å². The van der Waals surface area contributed by atoms with Crippen LogP contribution < -0.4 is 10.6 Å². The molecule has 2 fully saturated rings. The zero-order valence-electron chi connectivity index (χ0n) is 4.89. The molecule has 4 nitrogen and oxygen atoms in total. The zero-order chi connectivity index (χ0) is 6.27. The second-order valence-electron chi connectivity index (χ2n) is 2.35. The summed E-state index contributed by atoms with van der Waals surface area (Å²) in [6, 6.07) is 0.220. The van der Waals surface area contributed by atoms with Gasteiger partial charge in [-0.05, 0) is 0 Å². The van der Waals surface area contributed by atoms with Crippen LogP contribution in [0.15, 0.2) is 0 Å². The highest BCUT2D eigenvalue weighted by atomic mass is 16.6. The molecule has 2 aliphatic heterocycles. The van der Waals surface area contributed by atoms with E-state index in [1.165, 1.54) is 0 Å². The highest BCUT2D eigenvalue weighted by Gasteiger charge is 2.37. The van der Waals surface area contributed by atoms with E-state index >= 15 is 0 Å². The molecule has 2 rings (SSSR count). The van der Waals surface area contributed by atoms with E-state index in [2.05, 4.69) is 10.6 Å². The van der Waals surface area contributed by atoms with E-state index < -0.39 is 0 Å². The van der Waals surface area contributed by atoms with Crippen molar-refractivity contribution in [3.05, 3.63) is 0 Å². The van der Waals surface area contributed by atoms with Crippen LogP contribution in [0.25, 0.3) is 0 Å². The van der Waals surface area contributed by atoms with Gasteiger partial charge in [0.05, 0.1) is 6.04 Å². The summed E-state index contributed by atoms with van der Waals surface area (Å²) in [7, 11) is 0. The maximum atomic E-state index is 10.5. The lowest BCUT2D eigenvalue weighted by atomic mass is 10.2. The van der Waals surface area contributed by atoms with Gasteiger partial charge in [-0.3, -0.25) is 0 Å². The van der Waals surface area contributed by atoms with Crippen LogP contribution in [-0.2, 0) is 4.74 Å². The van der Waals surface area contributed by atoms with Gasteiger partial charge in [0, 0.05) is 13.1 Å². The molecule has 1 amide bonds. The van der Waals surface area contributed by atoms with Crippen LogP contribution in [0.1, 0.15) is 0 Å². The summed E-state index contributed by atoms with van der Waals surface area (Å²) in [5.41, 5.74) is 0. The predicted molar refractivity (Wildman–Crippen MR) is 30.1 cm³/mol. The first kappa shape index (κ1) is 5.05. The molecular weight excluding hydrogens is 120 g/mol. The molecule has 0 radical (unpaired) electrons. The second-order valence-corrected chi connectivity index (χ2v) is 2.35. The van der Waals surface area contributed by atoms with Crippen molar-refractivity contribution in [3.8, 4) is 0 Å². The lowest BCUT2D eigenvalue weighted by Gasteiger charge is -2.00. The van der Waals surface area contributed by atoms with Gasteiger partial charge < -0.3 is 15.4 Å². The van der Waals surface area contributed by atoms with Crippen LogP contribution in [0.4, 0.5) is 4.79 Å². The van der Waals surface area contributed by atoms with Crippen molar-refractivity contribution < 1.29 is 9.53 Å². The lowest BCUT2D eigenvalue weighted by Crippen LogP contribution is -2.31. The fourth-order valence-corrected chi connectivity index (χ4v) is 1.25. The Hall–Kier alpha value is -0.770. The van der Waals surface area contributed by atoms with Gasteiger partial charge in [0.2, 0.25) is 0 Å². The van der Waals surface area contributed by atoms with Crippen molar-refractivity contribution in [1.29, 1.82) is 0 Å². The van der Waals surface area contributed by atoms with E-state index in [9.17, 15) is 4.79 Å². The molecule has 0 aromatic rings. The molecular formula is C5H8N2O2. The molecule has 50 valence electrons. The van der Waals surface area contributed by atoms with Crippen molar-refractivity contribution in [2.45, 2.75) is 12.1 Å². The van der Waals surface area contributed by atoms with Crippen LogP contribution in [0.2, 0.25) is 0 Å². The fourth-order valence-electron chi connectivity index (χ4n) is 1.25. The standard InChI is InChI=1S/C5H8N2O2/c8-5-7-3-1-6-2-4(3)9-5/h3-4,6H,1-2H2,(H,7,8). The molecule has 0 aromatic carbocycles. The monoisotopic (exact) mass is 128 g/mol. The Labute approximate surface area is 52.6 Å². The van der Waals surface area contributed by atoms with Crippen molar-refractivity contribution in [2.75, 3.05) is 13.1 Å². The van der Waals surface area contributed by atoms with Crippen LogP contribution in [-0.4, -0.2) is 31.3 Å². The van der Waals surface area contributed by atoms with Crippen molar-refractivity contribution in [1.82, 2.24) is 10.6 Å². The van der Waals surface area contributed by atoms with Gasteiger partial charge in [0.25, 0.3) is 0 Å². The topological polar surface area (TPSA) is 50.4 Å². The van der Waals surface area contributed by atoms with E-state index in [4.69, 9.17) is 4.74 Å². The van der Waals surface area contributed by atoms with Gasteiger partial charge in [0.1, 0.15) is 6.10 Å². The quantitative estimate of drug-likeness (QED) is 0.443. The summed E-state index contributed by atoms with van der Waals surface area (Å²) >= 11 is 0. The third kappa shape index (κ3) is 0.666. The Morgan fingerprint density at radius 2 is 2.44 bits per heavy atom. The number of carbonyl (C=O) groups excluding carboxylic acids is 1. The van der Waals surface area contributed by atoms with Gasteiger partial charge >= 0.3 is 6.09 Å². The average Bonchev–Trinajstić information content (AvgIpc) is 2.22. The zero-order valence-corrected chi connectivity index (χ0v) is 4.89. The minimum absolute atomic E-state index is 0.0810. The minimum Gasteiger partial charge on any atom is -0.443 e. The van der Waals surface area contributed by atoms with Gasteiger partial charge in [-0.15, -0.1) is 0 Å². The van der Waals surface area contributed by atoms with E-state index in [0.29, 0.717) is 0 Å². The van der Waals surface area contributed by atoms with Gasteiger partial charge in [-0.2, -0.15) is 0 Å². The molecule has 0 aliphatic carbocycles. The normalized spacial score (nSPS) is 39.8. The fraction of sp³-hybridized carbons (Fsp3) is 0.800. The van der Waals surface area contributed by atoms with Crippen molar-refractivity contribution >= 4 is 6.09 Å². The number of ether oxygens (including phenoxy) is 1. The summed E-state index contributed by atoms with van der Waals surface area (Å²) in [5.74, 6) is 0. The van der Waals surface area contributed by atoms with Gasteiger partial charge in [-0.25, -0.2) is 4.79 Å². The molecule has 0 spiro atoms. The number of nitrogens with one attached hydrogen (secondary N) is 2.